The molecule has 0 bridgehead atoms. The lowest BCUT2D eigenvalue weighted by Gasteiger charge is -2.43. The van der Waals surface area contributed by atoms with Crippen LogP contribution in [0.1, 0.15) is 25.0 Å². The minimum Gasteiger partial charge on any atom is -0.508 e. The number of hydrogen-bond acceptors (Lipinski definition) is 4. The summed E-state index contributed by atoms with van der Waals surface area (Å²) in [5.74, 6) is 0.567. The minimum absolute atomic E-state index is 0.0332. The van der Waals surface area contributed by atoms with E-state index < -0.39 is 0 Å². The van der Waals surface area contributed by atoms with E-state index in [4.69, 9.17) is 5.73 Å². The van der Waals surface area contributed by atoms with E-state index in [-0.39, 0.29) is 28.2 Å². The lowest BCUT2D eigenvalue weighted by Crippen LogP contribution is -2.52. The van der Waals surface area contributed by atoms with E-state index in [1.807, 2.05) is 24.3 Å². The molecule has 0 saturated heterocycles. The molecule has 2 aromatic rings. The lowest BCUT2D eigenvalue weighted by molar-refractivity contribution is 0.369. The van der Waals surface area contributed by atoms with Gasteiger partial charge < -0.3 is 15.9 Å². The Balaban J connectivity index is 1.93. The Hall–Kier alpha value is -1.65. The Morgan fingerprint density at radius 1 is 1.09 bits per heavy atom. The van der Waals surface area contributed by atoms with Crippen molar-refractivity contribution in [3.63, 3.8) is 0 Å². The first-order chi connectivity index (χ1) is 10.4. The summed E-state index contributed by atoms with van der Waals surface area (Å²) >= 11 is 1.71. The number of phenolic OH excluding ortho intramolecular Hbond substituents is 2. The number of phenols is 2. The highest BCUT2D eigenvalue weighted by Gasteiger charge is 2.40. The quantitative estimate of drug-likeness (QED) is 0.794. The van der Waals surface area contributed by atoms with Gasteiger partial charge in [0.05, 0.1) is 0 Å². The molecule has 0 heterocycles. The van der Waals surface area contributed by atoms with Gasteiger partial charge >= 0.3 is 0 Å². The standard InChI is InChI=1S/C18H21NO2S/c1-18(2)15-10-13(21)7-6-11(15)8-16(17(18)19)22-14-5-3-4-12(20)9-14/h3-7,9-10,16-17,20-21H,8,19H2,1-2H3/t16-,17+/m0/s1. The van der Waals surface area contributed by atoms with Gasteiger partial charge in [0.15, 0.2) is 0 Å². The maximum absolute atomic E-state index is 9.76. The smallest absolute Gasteiger partial charge is 0.116 e. The molecule has 0 fully saturated rings. The molecule has 4 N–H and O–H groups in total. The summed E-state index contributed by atoms with van der Waals surface area (Å²) in [7, 11) is 0. The van der Waals surface area contributed by atoms with Crippen molar-refractivity contribution in [1.82, 2.24) is 0 Å². The summed E-state index contributed by atoms with van der Waals surface area (Å²) in [5.41, 5.74) is 8.71. The van der Waals surface area contributed by atoms with E-state index in [0.717, 1.165) is 16.9 Å². The number of rotatable bonds is 2. The average molecular weight is 315 g/mol. The Labute approximate surface area is 135 Å². The zero-order valence-corrected chi connectivity index (χ0v) is 13.6. The maximum Gasteiger partial charge on any atom is 0.116 e. The molecule has 4 heteroatoms. The van der Waals surface area contributed by atoms with Gasteiger partial charge in [0.2, 0.25) is 0 Å². The van der Waals surface area contributed by atoms with E-state index >= 15 is 0 Å². The maximum atomic E-state index is 9.76. The summed E-state index contributed by atoms with van der Waals surface area (Å²) < 4.78 is 0. The van der Waals surface area contributed by atoms with Gasteiger partial charge in [-0.2, -0.15) is 0 Å². The first kappa shape index (κ1) is 15.3. The van der Waals surface area contributed by atoms with E-state index in [2.05, 4.69) is 13.8 Å². The van der Waals surface area contributed by atoms with Crippen LogP contribution < -0.4 is 5.73 Å². The molecule has 3 rings (SSSR count). The molecule has 2 aromatic carbocycles. The molecular formula is C18H21NO2S. The van der Waals surface area contributed by atoms with Crippen molar-refractivity contribution in [1.29, 1.82) is 0 Å². The van der Waals surface area contributed by atoms with Gasteiger partial charge in [0, 0.05) is 21.6 Å². The molecule has 1 aliphatic rings. The molecule has 2 atom stereocenters. The van der Waals surface area contributed by atoms with Crippen molar-refractivity contribution in [2.75, 3.05) is 0 Å². The SMILES string of the molecule is CC1(C)c2cc(O)ccc2C[C@H](Sc2cccc(O)c2)[C@H]1N. The van der Waals surface area contributed by atoms with Crippen LogP contribution in [0.4, 0.5) is 0 Å². The number of aromatic hydroxyl groups is 2. The second-order valence-electron chi connectivity index (χ2n) is 6.45. The van der Waals surface area contributed by atoms with Gasteiger partial charge in [-0.3, -0.25) is 0 Å². The topological polar surface area (TPSA) is 66.5 Å². The largest absolute Gasteiger partial charge is 0.508 e. The molecule has 22 heavy (non-hydrogen) atoms. The third-order valence-electron chi connectivity index (χ3n) is 4.55. The molecule has 0 spiro atoms. The highest BCUT2D eigenvalue weighted by molar-refractivity contribution is 8.00. The van der Waals surface area contributed by atoms with Gasteiger partial charge in [0.1, 0.15) is 11.5 Å². The van der Waals surface area contributed by atoms with E-state index in [1.165, 1.54) is 5.56 Å². The normalized spacial score (nSPS) is 23.0. The van der Waals surface area contributed by atoms with Crippen LogP contribution in [0.3, 0.4) is 0 Å². The van der Waals surface area contributed by atoms with Crippen LogP contribution in [0, 0.1) is 0 Å². The van der Waals surface area contributed by atoms with Crippen LogP contribution in [0.25, 0.3) is 0 Å². The van der Waals surface area contributed by atoms with E-state index in [0.29, 0.717) is 0 Å². The van der Waals surface area contributed by atoms with Crippen LogP contribution in [0.5, 0.6) is 11.5 Å². The Bertz CT molecular complexity index is 699. The fraction of sp³-hybridized carbons (Fsp3) is 0.333. The van der Waals surface area contributed by atoms with Gasteiger partial charge in [-0.1, -0.05) is 26.0 Å². The highest BCUT2D eigenvalue weighted by Crippen LogP contribution is 2.43. The van der Waals surface area contributed by atoms with Crippen LogP contribution in [-0.2, 0) is 11.8 Å². The molecule has 1 aliphatic carbocycles. The molecule has 0 radical (unpaired) electrons. The van der Waals surface area contributed by atoms with Crippen LogP contribution >= 0.6 is 11.8 Å². The summed E-state index contributed by atoms with van der Waals surface area (Å²) in [4.78, 5) is 1.03. The zero-order valence-electron chi connectivity index (χ0n) is 12.8. The minimum atomic E-state index is -0.208. The highest BCUT2D eigenvalue weighted by atomic mass is 32.2. The molecular weight excluding hydrogens is 294 g/mol. The van der Waals surface area contributed by atoms with Gasteiger partial charge in [-0.15, -0.1) is 11.8 Å². The first-order valence-electron chi connectivity index (χ1n) is 7.41. The monoisotopic (exact) mass is 315 g/mol. The first-order valence-corrected chi connectivity index (χ1v) is 8.29. The van der Waals surface area contributed by atoms with Gasteiger partial charge in [0.25, 0.3) is 0 Å². The summed E-state index contributed by atoms with van der Waals surface area (Å²) in [6.45, 7) is 4.26. The Morgan fingerprint density at radius 2 is 1.82 bits per heavy atom. The summed E-state index contributed by atoms with van der Waals surface area (Å²) in [6.07, 6.45) is 0.862. The number of fused-ring (bicyclic) bond motifs is 1. The second-order valence-corrected chi connectivity index (χ2v) is 7.76. The average Bonchev–Trinajstić information content (AvgIpc) is 2.46. The fourth-order valence-corrected chi connectivity index (χ4v) is 4.62. The molecule has 116 valence electrons. The van der Waals surface area contributed by atoms with E-state index in [9.17, 15) is 10.2 Å². The predicted molar refractivity (Wildman–Crippen MR) is 90.6 cm³/mol. The second kappa shape index (κ2) is 5.52. The predicted octanol–water partition coefficient (Wildman–Crippen LogP) is 3.42. The van der Waals surface area contributed by atoms with Crippen LogP contribution in [0.2, 0.25) is 0 Å². The van der Waals surface area contributed by atoms with Crippen molar-refractivity contribution >= 4 is 11.8 Å². The molecule has 0 aliphatic heterocycles. The number of thioether (sulfide) groups is 1. The van der Waals surface area contributed by atoms with Crippen molar-refractivity contribution in [3.8, 4) is 11.5 Å². The van der Waals surface area contributed by atoms with Crippen LogP contribution in [0.15, 0.2) is 47.4 Å². The number of hydrogen-bond donors (Lipinski definition) is 3. The fourth-order valence-electron chi connectivity index (χ4n) is 3.18. The van der Waals surface area contributed by atoms with Crippen molar-refractivity contribution in [3.05, 3.63) is 53.6 Å². The van der Waals surface area contributed by atoms with Crippen molar-refractivity contribution in [2.45, 2.75) is 41.9 Å². The molecule has 0 aromatic heterocycles. The van der Waals surface area contributed by atoms with Crippen molar-refractivity contribution in [2.24, 2.45) is 5.73 Å². The van der Waals surface area contributed by atoms with Crippen molar-refractivity contribution < 1.29 is 10.2 Å². The molecule has 0 saturated carbocycles. The summed E-state index contributed by atoms with van der Waals surface area (Å²) in [6, 6.07) is 12.8. The Morgan fingerprint density at radius 3 is 2.55 bits per heavy atom. The molecule has 0 unspecified atom stereocenters. The number of benzene rings is 2. The zero-order chi connectivity index (χ0) is 15.9. The molecule has 0 amide bonds. The van der Waals surface area contributed by atoms with Gasteiger partial charge in [-0.05, 0) is 47.9 Å². The van der Waals surface area contributed by atoms with E-state index in [1.54, 1.807) is 30.0 Å². The van der Waals surface area contributed by atoms with Gasteiger partial charge in [-0.25, -0.2) is 0 Å². The number of nitrogens with two attached hydrogens (primary N) is 1. The third kappa shape index (κ3) is 2.69. The van der Waals surface area contributed by atoms with Crippen LogP contribution in [-0.4, -0.2) is 21.5 Å². The Kier molecular flexibility index (Phi) is 3.83. The molecule has 3 nitrogen and oxygen atoms in total. The summed E-state index contributed by atoms with van der Waals surface area (Å²) in [5, 5.41) is 19.6. The third-order valence-corrected chi connectivity index (χ3v) is 5.84. The lowest BCUT2D eigenvalue weighted by atomic mass is 9.69.